The molecule has 2 aliphatic rings. The summed E-state index contributed by atoms with van der Waals surface area (Å²) in [5, 5.41) is 0. The Balaban J connectivity index is 0.00000192. The average molecular weight is 337 g/mol. The molecule has 2 aliphatic carbocycles. The number of hydrogen-bond donors (Lipinski definition) is 1. The van der Waals surface area contributed by atoms with Crippen LogP contribution in [0.1, 0.15) is 37.7 Å². The van der Waals surface area contributed by atoms with Crippen molar-refractivity contribution in [1.29, 1.82) is 0 Å². The lowest BCUT2D eigenvalue weighted by Gasteiger charge is -2.44. The maximum atomic E-state index is 12.7. The zero-order valence-electron chi connectivity index (χ0n) is 14.0. The van der Waals surface area contributed by atoms with Gasteiger partial charge in [0.15, 0.2) is 0 Å². The van der Waals surface area contributed by atoms with Crippen LogP contribution in [0.25, 0.3) is 0 Å². The summed E-state index contributed by atoms with van der Waals surface area (Å²) in [4.78, 5) is 14.7. The van der Waals surface area contributed by atoms with Crippen molar-refractivity contribution >= 4 is 18.3 Å². The molecule has 0 aliphatic heterocycles. The fourth-order valence-electron chi connectivity index (χ4n) is 4.35. The van der Waals surface area contributed by atoms with E-state index >= 15 is 0 Å². The smallest absolute Gasteiger partial charge is 0.225 e. The van der Waals surface area contributed by atoms with Crippen LogP contribution >= 0.6 is 12.4 Å². The van der Waals surface area contributed by atoms with Crippen LogP contribution in [-0.4, -0.2) is 30.4 Å². The first-order valence-electron chi connectivity index (χ1n) is 8.69. The molecule has 0 saturated heterocycles. The molecule has 0 radical (unpaired) electrons. The Bertz CT molecular complexity index is 493. The lowest BCUT2D eigenvalue weighted by Crippen LogP contribution is -2.49. The maximum Gasteiger partial charge on any atom is 0.225 e. The van der Waals surface area contributed by atoms with E-state index in [2.05, 4.69) is 24.3 Å². The predicted molar refractivity (Wildman–Crippen MR) is 96.6 cm³/mol. The first-order chi connectivity index (χ1) is 10.6. The van der Waals surface area contributed by atoms with Gasteiger partial charge < -0.3 is 10.6 Å². The Morgan fingerprint density at radius 2 is 1.78 bits per heavy atom. The molecule has 23 heavy (non-hydrogen) atoms. The number of carbonyl (C=O) groups is 1. The fourth-order valence-corrected chi connectivity index (χ4v) is 4.35. The van der Waals surface area contributed by atoms with E-state index in [0.29, 0.717) is 23.8 Å². The summed E-state index contributed by atoms with van der Waals surface area (Å²) in [6, 6.07) is 10.7. The molecule has 3 rings (SSSR count). The van der Waals surface area contributed by atoms with Crippen LogP contribution in [0, 0.1) is 17.8 Å². The van der Waals surface area contributed by atoms with Crippen molar-refractivity contribution in [2.75, 3.05) is 13.6 Å². The molecule has 2 saturated carbocycles. The summed E-state index contributed by atoms with van der Waals surface area (Å²) in [5.41, 5.74) is 7.63. The van der Waals surface area contributed by atoms with E-state index in [9.17, 15) is 4.79 Å². The largest absolute Gasteiger partial charge is 0.345 e. The molecule has 2 unspecified atom stereocenters. The Kier molecular flexibility index (Phi) is 6.49. The molecule has 1 aromatic carbocycles. The van der Waals surface area contributed by atoms with Crippen LogP contribution in [0.3, 0.4) is 0 Å². The highest BCUT2D eigenvalue weighted by Crippen LogP contribution is 2.42. The summed E-state index contributed by atoms with van der Waals surface area (Å²) < 4.78 is 0. The van der Waals surface area contributed by atoms with Gasteiger partial charge in [-0.15, -0.1) is 12.4 Å². The molecule has 128 valence electrons. The number of halogens is 1. The zero-order valence-corrected chi connectivity index (χ0v) is 14.8. The third-order valence-corrected chi connectivity index (χ3v) is 5.72. The minimum absolute atomic E-state index is 0. The van der Waals surface area contributed by atoms with E-state index in [4.69, 9.17) is 5.73 Å². The zero-order chi connectivity index (χ0) is 15.5. The van der Waals surface area contributed by atoms with Crippen LogP contribution in [-0.2, 0) is 11.2 Å². The van der Waals surface area contributed by atoms with Gasteiger partial charge in [0.05, 0.1) is 0 Å². The lowest BCUT2D eigenvalue weighted by atomic mass is 9.65. The number of nitrogens with two attached hydrogens (primary N) is 1. The molecule has 2 bridgehead atoms. The Labute approximate surface area is 146 Å². The second-order valence-electron chi connectivity index (χ2n) is 7.19. The highest BCUT2D eigenvalue weighted by atomic mass is 35.5. The van der Waals surface area contributed by atoms with Crippen LogP contribution in [0.15, 0.2) is 30.3 Å². The minimum Gasteiger partial charge on any atom is -0.345 e. The summed E-state index contributed by atoms with van der Waals surface area (Å²) in [6.07, 6.45) is 6.68. The molecule has 3 nitrogen and oxygen atoms in total. The van der Waals surface area contributed by atoms with Gasteiger partial charge in [-0.1, -0.05) is 36.8 Å². The standard InChI is InChI=1S/C19H28N2O.ClH/c1-21(11-10-14-6-3-2-4-7-14)19(22)17-12-15-8-5-9-16(13-17)18(15)20;/h2-4,6-7,15-18H,5,8-13,20H2,1H3;1H. The Morgan fingerprint density at radius 3 is 2.39 bits per heavy atom. The molecule has 2 atom stereocenters. The van der Waals surface area contributed by atoms with E-state index in [0.717, 1.165) is 25.8 Å². The van der Waals surface area contributed by atoms with Crippen molar-refractivity contribution in [1.82, 2.24) is 4.90 Å². The third-order valence-electron chi connectivity index (χ3n) is 5.72. The molecule has 0 heterocycles. The number of amides is 1. The van der Waals surface area contributed by atoms with Gasteiger partial charge in [-0.05, 0) is 49.5 Å². The van der Waals surface area contributed by atoms with Gasteiger partial charge >= 0.3 is 0 Å². The van der Waals surface area contributed by atoms with Gasteiger partial charge in [0, 0.05) is 25.6 Å². The molecular weight excluding hydrogens is 308 g/mol. The van der Waals surface area contributed by atoms with E-state index in [1.807, 2.05) is 18.0 Å². The Morgan fingerprint density at radius 1 is 1.17 bits per heavy atom. The summed E-state index contributed by atoms with van der Waals surface area (Å²) in [7, 11) is 1.95. The van der Waals surface area contributed by atoms with Crippen molar-refractivity contribution in [2.24, 2.45) is 23.5 Å². The molecule has 0 spiro atoms. The molecule has 2 N–H and O–H groups in total. The highest BCUT2D eigenvalue weighted by Gasteiger charge is 2.41. The van der Waals surface area contributed by atoms with E-state index in [1.54, 1.807) is 0 Å². The minimum atomic E-state index is 0. The van der Waals surface area contributed by atoms with Crippen LogP contribution in [0.2, 0.25) is 0 Å². The van der Waals surface area contributed by atoms with Gasteiger partial charge in [0.2, 0.25) is 5.91 Å². The number of rotatable bonds is 4. The highest BCUT2D eigenvalue weighted by molar-refractivity contribution is 5.85. The number of carbonyl (C=O) groups excluding carboxylic acids is 1. The van der Waals surface area contributed by atoms with Gasteiger partial charge in [-0.25, -0.2) is 0 Å². The van der Waals surface area contributed by atoms with Crippen LogP contribution < -0.4 is 5.73 Å². The first kappa shape index (κ1) is 18.3. The van der Waals surface area contributed by atoms with Gasteiger partial charge in [0.1, 0.15) is 0 Å². The van der Waals surface area contributed by atoms with Gasteiger partial charge in [-0.3, -0.25) is 4.79 Å². The number of likely N-dealkylation sites (N-methyl/N-ethyl adjacent to an activating group) is 1. The molecule has 2 fully saturated rings. The number of benzene rings is 1. The van der Waals surface area contributed by atoms with E-state index in [1.165, 1.54) is 24.8 Å². The average Bonchev–Trinajstić information content (AvgIpc) is 2.52. The molecule has 4 heteroatoms. The third kappa shape index (κ3) is 4.27. The SMILES string of the molecule is CN(CCc1ccccc1)C(=O)C1CC2CCCC(C1)C2N.Cl. The summed E-state index contributed by atoms with van der Waals surface area (Å²) in [5.74, 6) is 1.68. The van der Waals surface area contributed by atoms with Gasteiger partial charge in [-0.2, -0.15) is 0 Å². The van der Waals surface area contributed by atoms with E-state index in [-0.39, 0.29) is 18.3 Å². The molecular formula is C19H29ClN2O. The second-order valence-corrected chi connectivity index (χ2v) is 7.19. The normalized spacial score (nSPS) is 29.5. The number of hydrogen-bond acceptors (Lipinski definition) is 2. The molecule has 1 aromatic rings. The monoisotopic (exact) mass is 336 g/mol. The molecule has 1 amide bonds. The Hall–Kier alpha value is -1.06. The topological polar surface area (TPSA) is 46.3 Å². The molecule has 0 aromatic heterocycles. The number of nitrogens with zero attached hydrogens (tertiary/aromatic N) is 1. The number of fused-ring (bicyclic) bond motifs is 2. The quantitative estimate of drug-likeness (QED) is 0.917. The summed E-state index contributed by atoms with van der Waals surface area (Å²) >= 11 is 0. The van der Waals surface area contributed by atoms with Crippen molar-refractivity contribution < 1.29 is 4.79 Å². The van der Waals surface area contributed by atoms with Crippen LogP contribution in [0.4, 0.5) is 0 Å². The van der Waals surface area contributed by atoms with Crippen LogP contribution in [0.5, 0.6) is 0 Å². The van der Waals surface area contributed by atoms with Crippen molar-refractivity contribution in [3.8, 4) is 0 Å². The van der Waals surface area contributed by atoms with Crippen molar-refractivity contribution in [3.63, 3.8) is 0 Å². The van der Waals surface area contributed by atoms with E-state index < -0.39 is 0 Å². The second kappa shape index (κ2) is 8.16. The van der Waals surface area contributed by atoms with Crippen molar-refractivity contribution in [3.05, 3.63) is 35.9 Å². The lowest BCUT2D eigenvalue weighted by molar-refractivity contribution is -0.137. The first-order valence-corrected chi connectivity index (χ1v) is 8.69. The fraction of sp³-hybridized carbons (Fsp3) is 0.632. The predicted octanol–water partition coefficient (Wildman–Crippen LogP) is 3.26. The van der Waals surface area contributed by atoms with Crippen molar-refractivity contribution in [2.45, 2.75) is 44.6 Å². The maximum absolute atomic E-state index is 12.7. The van der Waals surface area contributed by atoms with Gasteiger partial charge in [0.25, 0.3) is 0 Å². The summed E-state index contributed by atoms with van der Waals surface area (Å²) in [6.45, 7) is 0.806.